The molecule has 2 aromatic rings. The van der Waals surface area contributed by atoms with E-state index in [1.165, 1.54) is 0 Å². The summed E-state index contributed by atoms with van der Waals surface area (Å²) in [6.45, 7) is 3.81. The molecular weight excluding hydrogens is 345 g/mol. The fraction of sp³-hybridized carbons (Fsp3) is 0.429. The van der Waals surface area contributed by atoms with E-state index in [-0.39, 0.29) is 24.8 Å². The Labute approximate surface area is 147 Å². The Hall–Kier alpha value is -1.01. The molecule has 1 aromatic carbocycles. The number of halogens is 3. The van der Waals surface area contributed by atoms with Gasteiger partial charge in [-0.2, -0.15) is 0 Å². The van der Waals surface area contributed by atoms with E-state index in [4.69, 9.17) is 17.3 Å². The minimum absolute atomic E-state index is 0. The molecule has 1 aliphatic heterocycles. The van der Waals surface area contributed by atoms with Gasteiger partial charge in [-0.25, -0.2) is 0 Å². The van der Waals surface area contributed by atoms with Gasteiger partial charge in [-0.1, -0.05) is 11.6 Å². The molecule has 0 bridgehead atoms. The van der Waals surface area contributed by atoms with Crippen molar-refractivity contribution < 1.29 is 0 Å². The molecule has 5 nitrogen and oxygen atoms in total. The number of nitrogens with two attached hydrogens (primary N) is 1. The van der Waals surface area contributed by atoms with Crippen molar-refractivity contribution in [3.63, 3.8) is 0 Å². The minimum atomic E-state index is 0. The van der Waals surface area contributed by atoms with Crippen molar-refractivity contribution in [1.29, 1.82) is 0 Å². The smallest absolute Gasteiger partial charge is 0.231 e. The van der Waals surface area contributed by atoms with Crippen molar-refractivity contribution in [2.75, 3.05) is 18.0 Å². The van der Waals surface area contributed by atoms with E-state index in [0.29, 0.717) is 6.04 Å². The van der Waals surface area contributed by atoms with Gasteiger partial charge in [0, 0.05) is 24.2 Å². The van der Waals surface area contributed by atoms with E-state index in [1.807, 2.05) is 31.2 Å². The number of hydrogen-bond acceptors (Lipinski definition) is 4. The molecule has 8 heteroatoms. The number of anilines is 1. The first-order valence-corrected chi connectivity index (χ1v) is 7.21. The van der Waals surface area contributed by atoms with Crippen molar-refractivity contribution in [2.24, 2.45) is 5.73 Å². The Morgan fingerprint density at radius 1 is 1.09 bits per heavy atom. The largest absolute Gasteiger partial charge is 0.340 e. The van der Waals surface area contributed by atoms with Crippen LogP contribution in [0.1, 0.15) is 18.7 Å². The lowest BCUT2D eigenvalue weighted by Gasteiger charge is -2.31. The molecule has 0 amide bonds. The highest BCUT2D eigenvalue weighted by atomic mass is 35.5. The first-order valence-electron chi connectivity index (χ1n) is 6.83. The topological polar surface area (TPSA) is 60.0 Å². The maximum atomic E-state index is 5.96. The second-order valence-corrected chi connectivity index (χ2v) is 5.62. The lowest BCUT2D eigenvalue weighted by molar-refractivity contribution is 0.494. The molecule has 0 spiro atoms. The molecule has 0 atom stereocenters. The van der Waals surface area contributed by atoms with Gasteiger partial charge in [0.2, 0.25) is 5.95 Å². The molecule has 122 valence electrons. The first-order chi connectivity index (χ1) is 9.65. The molecule has 0 radical (unpaired) electrons. The first kappa shape index (κ1) is 19.0. The molecule has 2 N–H and O–H groups in total. The average molecular weight is 365 g/mol. The molecular formula is C14H20Cl3N5. The van der Waals surface area contributed by atoms with E-state index in [1.54, 1.807) is 0 Å². The van der Waals surface area contributed by atoms with Crippen LogP contribution >= 0.6 is 36.4 Å². The van der Waals surface area contributed by atoms with Crippen LogP contribution in [0, 0.1) is 6.92 Å². The summed E-state index contributed by atoms with van der Waals surface area (Å²) in [5.74, 6) is 1.76. The minimum Gasteiger partial charge on any atom is -0.340 e. The SMILES string of the molecule is Cc1nnc(N2CCC(N)CC2)n1-c1ccc(Cl)cc1.Cl.Cl. The van der Waals surface area contributed by atoms with Gasteiger partial charge in [-0.05, 0) is 44.0 Å². The Morgan fingerprint density at radius 2 is 1.68 bits per heavy atom. The van der Waals surface area contributed by atoms with Gasteiger partial charge in [0.15, 0.2) is 0 Å². The molecule has 1 aromatic heterocycles. The van der Waals surface area contributed by atoms with Crippen molar-refractivity contribution in [3.8, 4) is 5.69 Å². The highest BCUT2D eigenvalue weighted by molar-refractivity contribution is 6.30. The summed E-state index contributed by atoms with van der Waals surface area (Å²) in [6.07, 6.45) is 1.99. The number of piperidine rings is 1. The molecule has 0 aliphatic carbocycles. The van der Waals surface area contributed by atoms with Crippen molar-refractivity contribution in [2.45, 2.75) is 25.8 Å². The van der Waals surface area contributed by atoms with Crippen molar-refractivity contribution in [1.82, 2.24) is 14.8 Å². The number of hydrogen-bond donors (Lipinski definition) is 1. The number of aryl methyl sites for hydroxylation is 1. The van der Waals surface area contributed by atoms with Gasteiger partial charge >= 0.3 is 0 Å². The Morgan fingerprint density at radius 3 is 2.27 bits per heavy atom. The van der Waals surface area contributed by atoms with Gasteiger partial charge < -0.3 is 10.6 Å². The quantitative estimate of drug-likeness (QED) is 0.890. The molecule has 22 heavy (non-hydrogen) atoms. The maximum absolute atomic E-state index is 5.96. The highest BCUT2D eigenvalue weighted by Crippen LogP contribution is 2.23. The predicted octanol–water partition coefficient (Wildman–Crippen LogP) is 3.00. The average Bonchev–Trinajstić information content (AvgIpc) is 2.83. The molecule has 1 saturated heterocycles. The zero-order valence-corrected chi connectivity index (χ0v) is 14.7. The second kappa shape index (κ2) is 8.02. The summed E-state index contributed by atoms with van der Waals surface area (Å²) in [7, 11) is 0. The van der Waals surface area contributed by atoms with Crippen LogP contribution in [0.5, 0.6) is 0 Å². The van der Waals surface area contributed by atoms with Crippen molar-refractivity contribution in [3.05, 3.63) is 35.1 Å². The third-order valence-electron chi connectivity index (χ3n) is 3.72. The molecule has 1 aliphatic rings. The predicted molar refractivity (Wildman–Crippen MR) is 95.0 cm³/mol. The van der Waals surface area contributed by atoms with E-state index in [2.05, 4.69) is 19.7 Å². The van der Waals surface area contributed by atoms with E-state index in [9.17, 15) is 0 Å². The van der Waals surface area contributed by atoms with Gasteiger partial charge in [-0.15, -0.1) is 35.0 Å². The lowest BCUT2D eigenvalue weighted by Crippen LogP contribution is -2.40. The number of benzene rings is 1. The van der Waals surface area contributed by atoms with Crippen LogP contribution in [0.15, 0.2) is 24.3 Å². The summed E-state index contributed by atoms with van der Waals surface area (Å²) >= 11 is 5.95. The third kappa shape index (κ3) is 3.84. The van der Waals surface area contributed by atoms with Crippen molar-refractivity contribution >= 4 is 42.4 Å². The Kier molecular flexibility index (Phi) is 6.94. The number of aromatic nitrogens is 3. The van der Waals surface area contributed by atoms with E-state index in [0.717, 1.165) is 48.4 Å². The summed E-state index contributed by atoms with van der Waals surface area (Å²) in [5, 5.41) is 9.27. The van der Waals surface area contributed by atoms with Gasteiger partial charge in [0.05, 0.1) is 5.69 Å². The molecule has 1 fully saturated rings. The van der Waals surface area contributed by atoms with Gasteiger partial charge in [-0.3, -0.25) is 4.57 Å². The molecule has 3 rings (SSSR count). The monoisotopic (exact) mass is 363 g/mol. The van der Waals surface area contributed by atoms with E-state index >= 15 is 0 Å². The Balaban J connectivity index is 0.00000121. The molecule has 0 unspecified atom stereocenters. The Bertz CT molecular complexity index is 591. The van der Waals surface area contributed by atoms with Crippen LogP contribution in [0.25, 0.3) is 5.69 Å². The third-order valence-corrected chi connectivity index (χ3v) is 3.97. The summed E-state index contributed by atoms with van der Waals surface area (Å²) in [4.78, 5) is 2.25. The lowest BCUT2D eigenvalue weighted by atomic mass is 10.1. The molecule has 0 saturated carbocycles. The summed E-state index contributed by atoms with van der Waals surface area (Å²) < 4.78 is 2.06. The van der Waals surface area contributed by atoms with Crippen LogP contribution < -0.4 is 10.6 Å². The second-order valence-electron chi connectivity index (χ2n) is 5.18. The number of rotatable bonds is 2. The number of nitrogens with zero attached hydrogens (tertiary/aromatic N) is 4. The van der Waals surface area contributed by atoms with Gasteiger partial charge in [0.1, 0.15) is 5.82 Å². The van der Waals surface area contributed by atoms with Gasteiger partial charge in [0.25, 0.3) is 0 Å². The zero-order chi connectivity index (χ0) is 14.1. The summed E-state index contributed by atoms with van der Waals surface area (Å²) in [6, 6.07) is 8.04. The maximum Gasteiger partial charge on any atom is 0.231 e. The zero-order valence-electron chi connectivity index (χ0n) is 12.3. The molecule has 2 heterocycles. The van der Waals surface area contributed by atoms with Crippen LogP contribution in [-0.4, -0.2) is 33.9 Å². The fourth-order valence-corrected chi connectivity index (χ4v) is 2.67. The van der Waals surface area contributed by atoms with Crippen LogP contribution in [0.3, 0.4) is 0 Å². The normalized spacial score (nSPS) is 15.1. The summed E-state index contributed by atoms with van der Waals surface area (Å²) in [5.41, 5.74) is 6.99. The highest BCUT2D eigenvalue weighted by Gasteiger charge is 2.22. The standard InChI is InChI=1S/C14H18ClN5.2ClH/c1-10-17-18-14(19-8-6-12(16)7-9-19)20(10)13-4-2-11(15)3-5-13;;/h2-5,12H,6-9,16H2,1H3;2*1H. The van der Waals surface area contributed by atoms with E-state index < -0.39 is 0 Å². The van der Waals surface area contributed by atoms with Crippen LogP contribution in [-0.2, 0) is 0 Å². The van der Waals surface area contributed by atoms with Crippen LogP contribution in [0.2, 0.25) is 5.02 Å². The van der Waals surface area contributed by atoms with Crippen LogP contribution in [0.4, 0.5) is 5.95 Å². The fourth-order valence-electron chi connectivity index (χ4n) is 2.55.